The minimum Gasteiger partial charge on any atom is -0.395 e. The molecule has 1 rings (SSSR count). The van der Waals surface area contributed by atoms with E-state index in [0.717, 1.165) is 21.3 Å². The van der Waals surface area contributed by atoms with Crippen LogP contribution in [-0.4, -0.2) is 35.7 Å². The zero-order chi connectivity index (χ0) is 14.4. The summed E-state index contributed by atoms with van der Waals surface area (Å²) in [6, 6.07) is 3.67. The van der Waals surface area contributed by atoms with Crippen LogP contribution in [0, 0.1) is 13.8 Å². The van der Waals surface area contributed by atoms with Crippen molar-refractivity contribution >= 4 is 27.6 Å². The molecule has 0 heterocycles. The number of rotatable bonds is 5. The van der Waals surface area contributed by atoms with E-state index in [-0.39, 0.29) is 19.2 Å². The van der Waals surface area contributed by atoms with Crippen LogP contribution in [0.3, 0.4) is 0 Å². The zero-order valence-electron chi connectivity index (χ0n) is 11.2. The summed E-state index contributed by atoms with van der Waals surface area (Å²) in [6.45, 7) is 8.11. The van der Waals surface area contributed by atoms with Crippen LogP contribution in [0.2, 0.25) is 0 Å². The number of hydrogen-bond donors (Lipinski definition) is 2. The first-order chi connectivity index (χ1) is 8.99. The summed E-state index contributed by atoms with van der Waals surface area (Å²) in [5.74, 6) is 0. The van der Waals surface area contributed by atoms with Gasteiger partial charge in [0.2, 0.25) is 0 Å². The summed E-state index contributed by atoms with van der Waals surface area (Å²) in [4.78, 5) is 13.6. The van der Waals surface area contributed by atoms with Gasteiger partial charge in [0, 0.05) is 23.2 Å². The molecule has 0 atom stereocenters. The monoisotopic (exact) mass is 326 g/mol. The fraction of sp³-hybridized carbons (Fsp3) is 0.357. The van der Waals surface area contributed by atoms with Crippen LogP contribution in [-0.2, 0) is 0 Å². The molecule has 1 aromatic carbocycles. The molecule has 0 aliphatic carbocycles. The van der Waals surface area contributed by atoms with Crippen molar-refractivity contribution in [3.63, 3.8) is 0 Å². The second-order valence-corrected chi connectivity index (χ2v) is 5.22. The second-order valence-electron chi connectivity index (χ2n) is 4.30. The molecule has 0 radical (unpaired) electrons. The second kappa shape index (κ2) is 7.31. The van der Waals surface area contributed by atoms with Gasteiger partial charge >= 0.3 is 6.03 Å². The number of aryl methyl sites for hydroxylation is 2. The first-order valence-corrected chi connectivity index (χ1v) is 6.83. The van der Waals surface area contributed by atoms with E-state index in [9.17, 15) is 4.79 Å². The number of hydrogen-bond acceptors (Lipinski definition) is 2. The van der Waals surface area contributed by atoms with Crippen molar-refractivity contribution in [2.75, 3.05) is 25.0 Å². The highest BCUT2D eigenvalue weighted by Gasteiger charge is 2.14. The molecule has 0 saturated heterocycles. The molecular formula is C14H19BrN2O2. The first kappa shape index (κ1) is 15.7. The zero-order valence-corrected chi connectivity index (χ0v) is 12.8. The molecule has 4 nitrogen and oxygen atoms in total. The van der Waals surface area contributed by atoms with Gasteiger partial charge in [-0.25, -0.2) is 4.79 Å². The molecular weight excluding hydrogens is 308 g/mol. The van der Waals surface area contributed by atoms with E-state index in [2.05, 4.69) is 27.8 Å². The van der Waals surface area contributed by atoms with Crippen molar-refractivity contribution in [3.8, 4) is 0 Å². The molecule has 5 heteroatoms. The molecule has 104 valence electrons. The minimum absolute atomic E-state index is 0.0699. The summed E-state index contributed by atoms with van der Waals surface area (Å²) in [5.41, 5.74) is 2.78. The van der Waals surface area contributed by atoms with E-state index in [0.29, 0.717) is 6.54 Å². The lowest BCUT2D eigenvalue weighted by Gasteiger charge is -2.22. The third-order valence-corrected chi connectivity index (χ3v) is 3.19. The summed E-state index contributed by atoms with van der Waals surface area (Å²) < 4.78 is 0.985. The Morgan fingerprint density at radius 1 is 1.47 bits per heavy atom. The SMILES string of the molecule is C=CCN(CCO)C(=O)Nc1c(C)cc(Br)cc1C. The van der Waals surface area contributed by atoms with Gasteiger partial charge in [-0.15, -0.1) is 6.58 Å². The van der Waals surface area contributed by atoms with Crippen molar-refractivity contribution in [1.82, 2.24) is 4.90 Å². The number of benzene rings is 1. The Balaban J connectivity index is 2.89. The van der Waals surface area contributed by atoms with Gasteiger partial charge in [-0.3, -0.25) is 0 Å². The quantitative estimate of drug-likeness (QED) is 0.817. The van der Waals surface area contributed by atoms with Crippen LogP contribution < -0.4 is 5.32 Å². The lowest BCUT2D eigenvalue weighted by molar-refractivity contribution is 0.195. The Hall–Kier alpha value is -1.33. The smallest absolute Gasteiger partial charge is 0.322 e. The topological polar surface area (TPSA) is 52.6 Å². The van der Waals surface area contributed by atoms with E-state index >= 15 is 0 Å². The maximum absolute atomic E-state index is 12.1. The van der Waals surface area contributed by atoms with Crippen LogP contribution in [0.4, 0.5) is 10.5 Å². The molecule has 1 aromatic rings. The van der Waals surface area contributed by atoms with Crippen LogP contribution in [0.15, 0.2) is 29.3 Å². The van der Waals surface area contributed by atoms with Gasteiger partial charge in [-0.1, -0.05) is 22.0 Å². The normalized spacial score (nSPS) is 10.1. The molecule has 2 amide bonds. The number of anilines is 1. The number of aliphatic hydroxyl groups excluding tert-OH is 1. The predicted molar refractivity (Wildman–Crippen MR) is 81.5 cm³/mol. The Morgan fingerprint density at radius 3 is 2.53 bits per heavy atom. The number of nitrogens with one attached hydrogen (secondary N) is 1. The number of amides is 2. The molecule has 0 aliphatic heterocycles. The number of carbonyl (C=O) groups excluding carboxylic acids is 1. The summed E-state index contributed by atoms with van der Waals surface area (Å²) >= 11 is 3.42. The van der Waals surface area contributed by atoms with Crippen molar-refractivity contribution in [2.24, 2.45) is 0 Å². The molecule has 0 bridgehead atoms. The molecule has 2 N–H and O–H groups in total. The average Bonchev–Trinajstić information content (AvgIpc) is 2.33. The van der Waals surface area contributed by atoms with Crippen molar-refractivity contribution in [2.45, 2.75) is 13.8 Å². The van der Waals surface area contributed by atoms with Crippen LogP contribution >= 0.6 is 15.9 Å². The van der Waals surface area contributed by atoms with Crippen LogP contribution in [0.25, 0.3) is 0 Å². The highest BCUT2D eigenvalue weighted by atomic mass is 79.9. The Labute approximate surface area is 122 Å². The predicted octanol–water partition coefficient (Wildman–Crippen LogP) is 3.08. The summed E-state index contributed by atoms with van der Waals surface area (Å²) in [7, 11) is 0. The Bertz CT molecular complexity index is 452. The van der Waals surface area contributed by atoms with Crippen LogP contribution in [0.5, 0.6) is 0 Å². The minimum atomic E-state index is -0.234. The lowest BCUT2D eigenvalue weighted by atomic mass is 10.1. The van der Waals surface area contributed by atoms with Gasteiger partial charge in [0.15, 0.2) is 0 Å². The Morgan fingerprint density at radius 2 is 2.05 bits per heavy atom. The van der Waals surface area contributed by atoms with Gasteiger partial charge in [0.25, 0.3) is 0 Å². The van der Waals surface area contributed by atoms with Gasteiger partial charge in [-0.2, -0.15) is 0 Å². The van der Waals surface area contributed by atoms with Gasteiger partial charge in [-0.05, 0) is 37.1 Å². The van der Waals surface area contributed by atoms with Gasteiger partial charge in [0.05, 0.1) is 6.61 Å². The van der Waals surface area contributed by atoms with Gasteiger partial charge in [0.1, 0.15) is 0 Å². The van der Waals surface area contributed by atoms with E-state index in [4.69, 9.17) is 5.11 Å². The van der Waals surface area contributed by atoms with E-state index < -0.39 is 0 Å². The third-order valence-electron chi connectivity index (χ3n) is 2.74. The fourth-order valence-corrected chi connectivity index (χ4v) is 2.53. The van der Waals surface area contributed by atoms with Crippen molar-refractivity contribution < 1.29 is 9.90 Å². The fourth-order valence-electron chi connectivity index (χ4n) is 1.85. The average molecular weight is 327 g/mol. The Kier molecular flexibility index (Phi) is 6.05. The van der Waals surface area contributed by atoms with Crippen molar-refractivity contribution in [3.05, 3.63) is 40.4 Å². The van der Waals surface area contributed by atoms with E-state index in [1.807, 2.05) is 26.0 Å². The van der Waals surface area contributed by atoms with E-state index in [1.54, 1.807) is 6.08 Å². The largest absolute Gasteiger partial charge is 0.395 e. The molecule has 0 unspecified atom stereocenters. The van der Waals surface area contributed by atoms with E-state index in [1.165, 1.54) is 4.90 Å². The maximum Gasteiger partial charge on any atom is 0.322 e. The molecule has 0 spiro atoms. The molecule has 19 heavy (non-hydrogen) atoms. The van der Waals surface area contributed by atoms with Gasteiger partial charge < -0.3 is 15.3 Å². The summed E-state index contributed by atoms with van der Waals surface area (Å²) in [6.07, 6.45) is 1.64. The third kappa shape index (κ3) is 4.36. The van der Waals surface area contributed by atoms with Crippen molar-refractivity contribution in [1.29, 1.82) is 0 Å². The maximum atomic E-state index is 12.1. The number of nitrogens with zero attached hydrogens (tertiary/aromatic N) is 1. The first-order valence-electron chi connectivity index (χ1n) is 6.04. The highest BCUT2D eigenvalue weighted by molar-refractivity contribution is 9.10. The molecule has 0 saturated carbocycles. The molecule has 0 fully saturated rings. The number of urea groups is 1. The highest BCUT2D eigenvalue weighted by Crippen LogP contribution is 2.25. The molecule has 0 aromatic heterocycles. The summed E-state index contributed by atoms with van der Waals surface area (Å²) in [5, 5.41) is 11.8. The number of aliphatic hydroxyl groups is 1. The standard InChI is InChI=1S/C14H19BrN2O2/c1-4-5-17(6-7-18)14(19)16-13-10(2)8-12(15)9-11(13)3/h4,8-9,18H,1,5-7H2,2-3H3,(H,16,19). The number of carbonyl (C=O) groups is 1. The van der Waals surface area contributed by atoms with Crippen LogP contribution in [0.1, 0.15) is 11.1 Å². The molecule has 0 aliphatic rings. The number of halogens is 1. The lowest BCUT2D eigenvalue weighted by Crippen LogP contribution is -2.37.